The van der Waals surface area contributed by atoms with Crippen molar-refractivity contribution in [1.82, 2.24) is 10.6 Å². The van der Waals surface area contributed by atoms with E-state index in [9.17, 15) is 4.39 Å². The molecule has 0 saturated carbocycles. The Labute approximate surface area is 131 Å². The molecule has 3 nitrogen and oxygen atoms in total. The maximum atomic E-state index is 13.3. The van der Waals surface area contributed by atoms with E-state index in [-0.39, 0.29) is 5.82 Å². The maximum absolute atomic E-state index is 13.3. The topological polar surface area (TPSA) is 36.4 Å². The molecule has 0 aliphatic heterocycles. The molecule has 2 N–H and O–H groups in total. The SMILES string of the molecule is CCNC(=NCc1ccc(F)cc1CSC)NCC(C)C. The van der Waals surface area contributed by atoms with Crippen LogP contribution in [-0.4, -0.2) is 25.3 Å². The van der Waals surface area contributed by atoms with Crippen LogP contribution in [0, 0.1) is 11.7 Å². The van der Waals surface area contributed by atoms with Crippen LogP contribution in [0.25, 0.3) is 0 Å². The monoisotopic (exact) mass is 311 g/mol. The first kappa shape index (κ1) is 17.8. The van der Waals surface area contributed by atoms with Crippen molar-refractivity contribution in [3.05, 3.63) is 35.1 Å². The number of benzene rings is 1. The van der Waals surface area contributed by atoms with Gasteiger partial charge in [0, 0.05) is 18.8 Å². The van der Waals surface area contributed by atoms with Gasteiger partial charge in [0.15, 0.2) is 5.96 Å². The summed E-state index contributed by atoms with van der Waals surface area (Å²) in [6.07, 6.45) is 2.02. The van der Waals surface area contributed by atoms with Crippen LogP contribution in [0.5, 0.6) is 0 Å². The van der Waals surface area contributed by atoms with E-state index in [1.807, 2.05) is 19.2 Å². The van der Waals surface area contributed by atoms with E-state index in [1.165, 1.54) is 6.07 Å². The van der Waals surface area contributed by atoms with Crippen molar-refractivity contribution in [3.8, 4) is 0 Å². The van der Waals surface area contributed by atoms with Gasteiger partial charge in [0.25, 0.3) is 0 Å². The molecule has 0 radical (unpaired) electrons. The Kier molecular flexibility index (Phi) is 8.20. The molecule has 21 heavy (non-hydrogen) atoms. The Morgan fingerprint density at radius 1 is 1.29 bits per heavy atom. The van der Waals surface area contributed by atoms with E-state index in [0.29, 0.717) is 12.5 Å². The molecule has 118 valence electrons. The summed E-state index contributed by atoms with van der Waals surface area (Å²) in [5.41, 5.74) is 2.10. The fraction of sp³-hybridized carbons (Fsp3) is 0.562. The lowest BCUT2D eigenvalue weighted by atomic mass is 10.1. The summed E-state index contributed by atoms with van der Waals surface area (Å²) >= 11 is 1.69. The first-order valence-electron chi connectivity index (χ1n) is 7.35. The Balaban J connectivity index is 2.78. The zero-order valence-corrected chi connectivity index (χ0v) is 14.2. The molecule has 0 aromatic heterocycles. The van der Waals surface area contributed by atoms with Crippen LogP contribution in [0.4, 0.5) is 4.39 Å². The smallest absolute Gasteiger partial charge is 0.191 e. The number of thioether (sulfide) groups is 1. The number of hydrogen-bond donors (Lipinski definition) is 2. The first-order chi connectivity index (χ1) is 10.1. The predicted molar refractivity (Wildman–Crippen MR) is 91.3 cm³/mol. The van der Waals surface area contributed by atoms with Crippen molar-refractivity contribution in [2.75, 3.05) is 19.3 Å². The molecule has 0 aliphatic rings. The zero-order valence-electron chi connectivity index (χ0n) is 13.4. The second-order valence-electron chi connectivity index (χ2n) is 5.32. The first-order valence-corrected chi connectivity index (χ1v) is 8.74. The minimum atomic E-state index is -0.184. The fourth-order valence-corrected chi connectivity index (χ4v) is 2.43. The van der Waals surface area contributed by atoms with Gasteiger partial charge < -0.3 is 10.6 Å². The summed E-state index contributed by atoms with van der Waals surface area (Å²) < 4.78 is 13.3. The van der Waals surface area contributed by atoms with Gasteiger partial charge in [-0.25, -0.2) is 9.38 Å². The Morgan fingerprint density at radius 2 is 2.05 bits per heavy atom. The van der Waals surface area contributed by atoms with Crippen LogP contribution < -0.4 is 10.6 Å². The van der Waals surface area contributed by atoms with E-state index in [0.717, 1.165) is 35.9 Å². The van der Waals surface area contributed by atoms with Gasteiger partial charge in [-0.05, 0) is 42.4 Å². The number of aliphatic imine (C=N–C) groups is 1. The minimum Gasteiger partial charge on any atom is -0.357 e. The third-order valence-electron chi connectivity index (χ3n) is 2.90. The van der Waals surface area contributed by atoms with Crippen molar-refractivity contribution < 1.29 is 4.39 Å². The maximum Gasteiger partial charge on any atom is 0.191 e. The van der Waals surface area contributed by atoms with Crippen molar-refractivity contribution in [3.63, 3.8) is 0 Å². The molecule has 0 unspecified atom stereocenters. The molecule has 0 saturated heterocycles. The second kappa shape index (κ2) is 9.66. The van der Waals surface area contributed by atoms with Gasteiger partial charge in [-0.15, -0.1) is 0 Å². The molecule has 0 aliphatic carbocycles. The van der Waals surface area contributed by atoms with Gasteiger partial charge in [0.1, 0.15) is 5.82 Å². The predicted octanol–water partition coefficient (Wildman–Crippen LogP) is 3.40. The molecule has 0 bridgehead atoms. The van der Waals surface area contributed by atoms with E-state index in [2.05, 4.69) is 29.5 Å². The zero-order chi connectivity index (χ0) is 15.7. The summed E-state index contributed by atoms with van der Waals surface area (Å²) in [6, 6.07) is 4.94. The molecular weight excluding hydrogens is 285 g/mol. The minimum absolute atomic E-state index is 0.184. The highest BCUT2D eigenvalue weighted by Crippen LogP contribution is 2.17. The highest BCUT2D eigenvalue weighted by atomic mass is 32.2. The summed E-state index contributed by atoms with van der Waals surface area (Å²) in [4.78, 5) is 4.59. The van der Waals surface area contributed by atoms with E-state index >= 15 is 0 Å². The summed E-state index contributed by atoms with van der Waals surface area (Å²) in [5.74, 6) is 1.99. The largest absolute Gasteiger partial charge is 0.357 e. The number of guanidine groups is 1. The van der Waals surface area contributed by atoms with Gasteiger partial charge in [0.05, 0.1) is 6.54 Å². The molecule has 0 amide bonds. The summed E-state index contributed by atoms with van der Waals surface area (Å²) in [5, 5.41) is 6.54. The normalized spacial score (nSPS) is 11.8. The van der Waals surface area contributed by atoms with Gasteiger partial charge in [0.2, 0.25) is 0 Å². The molecule has 0 spiro atoms. The van der Waals surface area contributed by atoms with Crippen LogP contribution in [0.3, 0.4) is 0 Å². The lowest BCUT2D eigenvalue weighted by Gasteiger charge is -2.13. The Morgan fingerprint density at radius 3 is 2.67 bits per heavy atom. The molecule has 1 aromatic rings. The van der Waals surface area contributed by atoms with Crippen molar-refractivity contribution in [2.45, 2.75) is 33.1 Å². The number of halogens is 1. The van der Waals surface area contributed by atoms with Gasteiger partial charge in [-0.2, -0.15) is 11.8 Å². The van der Waals surface area contributed by atoms with Gasteiger partial charge in [-0.3, -0.25) is 0 Å². The second-order valence-corrected chi connectivity index (χ2v) is 6.18. The fourth-order valence-electron chi connectivity index (χ4n) is 1.85. The van der Waals surface area contributed by atoms with Crippen LogP contribution in [-0.2, 0) is 12.3 Å². The molecule has 0 fully saturated rings. The highest BCUT2D eigenvalue weighted by molar-refractivity contribution is 7.97. The van der Waals surface area contributed by atoms with Crippen molar-refractivity contribution in [1.29, 1.82) is 0 Å². The van der Waals surface area contributed by atoms with Gasteiger partial charge >= 0.3 is 0 Å². The highest BCUT2D eigenvalue weighted by Gasteiger charge is 2.05. The number of hydrogen-bond acceptors (Lipinski definition) is 2. The van der Waals surface area contributed by atoms with Crippen LogP contribution in [0.15, 0.2) is 23.2 Å². The van der Waals surface area contributed by atoms with Gasteiger partial charge in [-0.1, -0.05) is 19.9 Å². The molecule has 0 heterocycles. The quantitative estimate of drug-likeness (QED) is 0.598. The lowest BCUT2D eigenvalue weighted by molar-refractivity contribution is 0.614. The Hall–Kier alpha value is -1.23. The lowest BCUT2D eigenvalue weighted by Crippen LogP contribution is -2.39. The van der Waals surface area contributed by atoms with E-state index in [4.69, 9.17) is 0 Å². The van der Waals surface area contributed by atoms with Crippen molar-refractivity contribution >= 4 is 17.7 Å². The molecule has 5 heteroatoms. The van der Waals surface area contributed by atoms with Crippen LogP contribution in [0.1, 0.15) is 31.9 Å². The average molecular weight is 311 g/mol. The molecule has 1 rings (SSSR count). The standard InChI is InChI=1S/C16H26FN3S/c1-5-18-16(19-9-12(2)3)20-10-13-6-7-15(17)8-14(13)11-21-4/h6-8,12H,5,9-11H2,1-4H3,(H2,18,19,20). The van der Waals surface area contributed by atoms with Crippen LogP contribution in [0.2, 0.25) is 0 Å². The number of nitrogens with one attached hydrogen (secondary N) is 2. The molecule has 0 atom stereocenters. The molecule has 1 aromatic carbocycles. The summed E-state index contributed by atoms with van der Waals surface area (Å²) in [7, 11) is 0. The molecular formula is C16H26FN3S. The third-order valence-corrected chi connectivity index (χ3v) is 3.50. The third kappa shape index (κ3) is 6.85. The summed E-state index contributed by atoms with van der Waals surface area (Å²) in [6.45, 7) is 8.63. The van der Waals surface area contributed by atoms with E-state index < -0.39 is 0 Å². The number of nitrogens with zero attached hydrogens (tertiary/aromatic N) is 1. The van der Waals surface area contributed by atoms with Crippen molar-refractivity contribution in [2.24, 2.45) is 10.9 Å². The number of rotatable bonds is 7. The Bertz CT molecular complexity index is 461. The van der Waals surface area contributed by atoms with E-state index in [1.54, 1.807) is 17.8 Å². The van der Waals surface area contributed by atoms with Crippen LogP contribution >= 0.6 is 11.8 Å². The average Bonchev–Trinajstić information content (AvgIpc) is 2.43.